The summed E-state index contributed by atoms with van der Waals surface area (Å²) in [6.45, 7) is 3.11. The van der Waals surface area contributed by atoms with Gasteiger partial charge >= 0.3 is 23.9 Å². The van der Waals surface area contributed by atoms with E-state index in [1.165, 1.54) is 36.4 Å². The van der Waals surface area contributed by atoms with Crippen molar-refractivity contribution in [2.24, 2.45) is 0 Å². The Morgan fingerprint density at radius 1 is 0.788 bits per heavy atom. The summed E-state index contributed by atoms with van der Waals surface area (Å²) in [6.07, 6.45) is -2.69. The van der Waals surface area contributed by atoms with Gasteiger partial charge in [0.2, 0.25) is 9.84 Å². The van der Waals surface area contributed by atoms with E-state index in [4.69, 9.17) is 18.9 Å². The first-order valence-corrected chi connectivity index (χ1v) is 11.5. The molecular formula is C22H18O10S. The maximum Gasteiger partial charge on any atom is 0.343 e. The van der Waals surface area contributed by atoms with Crippen molar-refractivity contribution in [1.82, 2.24) is 0 Å². The lowest BCUT2D eigenvalue weighted by Crippen LogP contribution is -2.12. The second-order valence-electron chi connectivity index (χ2n) is 7.11. The van der Waals surface area contributed by atoms with Gasteiger partial charge in [0.25, 0.3) is 12.6 Å². The number of cyclic esters (lactones) is 2. The van der Waals surface area contributed by atoms with Crippen molar-refractivity contribution in [3.05, 3.63) is 58.7 Å². The molecule has 0 radical (unpaired) electrons. The molecule has 4 rings (SSSR count). The van der Waals surface area contributed by atoms with E-state index in [1.54, 1.807) is 13.8 Å². The highest BCUT2D eigenvalue weighted by molar-refractivity contribution is 7.91. The SMILES string of the molecule is CCC(=O)OC1OC(=O)c2c1cccc2S(=O)(=O)c1cccc2c1C(=O)OC2OC(=O)CC. The topological polar surface area (TPSA) is 139 Å². The van der Waals surface area contributed by atoms with E-state index in [2.05, 4.69) is 0 Å². The number of hydrogen-bond donors (Lipinski definition) is 0. The number of sulfone groups is 1. The average Bonchev–Trinajstić information content (AvgIpc) is 3.29. The van der Waals surface area contributed by atoms with Crippen LogP contribution in [0.15, 0.2) is 46.2 Å². The summed E-state index contributed by atoms with van der Waals surface area (Å²) in [5.74, 6) is -3.23. The van der Waals surface area contributed by atoms with Gasteiger partial charge in [-0.25, -0.2) is 18.0 Å². The van der Waals surface area contributed by atoms with Crippen molar-refractivity contribution in [3.8, 4) is 0 Å². The molecule has 0 bridgehead atoms. The first-order valence-electron chi connectivity index (χ1n) is 10.0. The molecule has 2 aliphatic heterocycles. The number of carbonyl (C=O) groups excluding carboxylic acids is 4. The molecule has 0 aliphatic carbocycles. The molecule has 0 saturated carbocycles. The predicted molar refractivity (Wildman–Crippen MR) is 107 cm³/mol. The van der Waals surface area contributed by atoms with Crippen LogP contribution in [0.4, 0.5) is 0 Å². The lowest BCUT2D eigenvalue weighted by atomic mass is 10.1. The van der Waals surface area contributed by atoms with Gasteiger partial charge in [-0.2, -0.15) is 0 Å². The fraction of sp³-hybridized carbons (Fsp3) is 0.273. The number of benzene rings is 2. The van der Waals surface area contributed by atoms with Gasteiger partial charge in [-0.3, -0.25) is 9.59 Å². The molecule has 33 heavy (non-hydrogen) atoms. The van der Waals surface area contributed by atoms with Crippen molar-refractivity contribution in [1.29, 1.82) is 0 Å². The van der Waals surface area contributed by atoms with Crippen molar-refractivity contribution in [2.45, 2.75) is 49.1 Å². The minimum absolute atomic E-state index is 0.0312. The van der Waals surface area contributed by atoms with E-state index < -0.39 is 56.1 Å². The molecule has 0 aromatic heterocycles. The van der Waals surface area contributed by atoms with Gasteiger partial charge in [0.1, 0.15) is 0 Å². The Hall–Kier alpha value is -3.73. The van der Waals surface area contributed by atoms with Gasteiger partial charge in [0, 0.05) is 24.0 Å². The Labute approximate surface area is 188 Å². The second kappa shape index (κ2) is 8.32. The van der Waals surface area contributed by atoms with Crippen LogP contribution in [0.25, 0.3) is 0 Å². The summed E-state index contributed by atoms with van der Waals surface area (Å²) in [4.78, 5) is 47.5. The van der Waals surface area contributed by atoms with Crippen LogP contribution < -0.4 is 0 Å². The molecule has 0 saturated heterocycles. The zero-order chi connectivity index (χ0) is 23.9. The molecule has 0 fully saturated rings. The summed E-state index contributed by atoms with van der Waals surface area (Å²) in [6, 6.07) is 7.94. The highest BCUT2D eigenvalue weighted by Crippen LogP contribution is 2.41. The standard InChI is InChI=1S/C22H18O10S/c1-3-15(23)29-21-11-7-5-9-13(17(11)19(25)31-21)33(27,28)14-10-6-8-12-18(14)20(26)32-22(12)30-16(24)4-2/h5-10,21-22H,3-4H2,1-2H3. The van der Waals surface area contributed by atoms with E-state index in [9.17, 15) is 27.6 Å². The zero-order valence-electron chi connectivity index (χ0n) is 17.5. The summed E-state index contributed by atoms with van der Waals surface area (Å²) < 4.78 is 47.5. The highest BCUT2D eigenvalue weighted by Gasteiger charge is 2.43. The molecule has 11 heteroatoms. The molecule has 2 heterocycles. The Balaban J connectivity index is 1.81. The van der Waals surface area contributed by atoms with E-state index in [-0.39, 0.29) is 35.1 Å². The molecule has 0 amide bonds. The molecule has 0 spiro atoms. The predicted octanol–water partition coefficient (Wildman–Crippen LogP) is 2.76. The quantitative estimate of drug-likeness (QED) is 0.574. The largest absolute Gasteiger partial charge is 0.421 e. The van der Waals surface area contributed by atoms with Gasteiger partial charge in [-0.15, -0.1) is 0 Å². The lowest BCUT2D eigenvalue weighted by Gasteiger charge is -2.12. The lowest BCUT2D eigenvalue weighted by molar-refractivity contribution is -0.168. The van der Waals surface area contributed by atoms with Crippen LogP contribution in [-0.4, -0.2) is 32.3 Å². The van der Waals surface area contributed by atoms with Crippen molar-refractivity contribution < 1.29 is 46.5 Å². The van der Waals surface area contributed by atoms with E-state index >= 15 is 0 Å². The Morgan fingerprint density at radius 3 is 1.55 bits per heavy atom. The molecule has 2 aromatic rings. The van der Waals surface area contributed by atoms with Crippen LogP contribution in [0, 0.1) is 0 Å². The van der Waals surface area contributed by atoms with Crippen molar-refractivity contribution >= 4 is 33.7 Å². The van der Waals surface area contributed by atoms with Crippen LogP contribution in [0.2, 0.25) is 0 Å². The Morgan fingerprint density at radius 2 is 1.18 bits per heavy atom. The number of fused-ring (bicyclic) bond motifs is 2. The third-order valence-electron chi connectivity index (χ3n) is 5.09. The molecule has 2 unspecified atom stereocenters. The fourth-order valence-electron chi connectivity index (χ4n) is 3.51. The average molecular weight is 474 g/mol. The smallest absolute Gasteiger partial charge is 0.343 e. The van der Waals surface area contributed by atoms with Gasteiger partial charge in [0.15, 0.2) is 0 Å². The second-order valence-corrected chi connectivity index (χ2v) is 8.99. The molecule has 0 N–H and O–H groups in total. The summed E-state index contributed by atoms with van der Waals surface area (Å²) in [5, 5.41) is 0. The maximum absolute atomic E-state index is 13.6. The normalized spacial score (nSPS) is 18.7. The Kier molecular flexibility index (Phi) is 5.66. The summed E-state index contributed by atoms with van der Waals surface area (Å²) in [5.41, 5.74) is -0.422. The number of carbonyl (C=O) groups is 4. The van der Waals surface area contributed by atoms with Crippen molar-refractivity contribution in [3.63, 3.8) is 0 Å². The van der Waals surface area contributed by atoms with E-state index in [1.807, 2.05) is 0 Å². The van der Waals surface area contributed by atoms with E-state index in [0.29, 0.717) is 0 Å². The number of ether oxygens (including phenoxy) is 4. The summed E-state index contributed by atoms with van der Waals surface area (Å²) in [7, 11) is -4.45. The number of esters is 4. The van der Waals surface area contributed by atoms with Gasteiger partial charge in [0.05, 0.1) is 20.9 Å². The summed E-state index contributed by atoms with van der Waals surface area (Å²) >= 11 is 0. The first kappa shape index (κ1) is 22.5. The number of hydrogen-bond acceptors (Lipinski definition) is 10. The number of rotatable bonds is 6. The maximum atomic E-state index is 13.6. The minimum Gasteiger partial charge on any atom is -0.421 e. The van der Waals surface area contributed by atoms with Crippen LogP contribution in [0.1, 0.15) is 71.1 Å². The van der Waals surface area contributed by atoms with Crippen LogP contribution in [0.3, 0.4) is 0 Å². The molecule has 2 atom stereocenters. The Bertz CT molecular complexity index is 1200. The van der Waals surface area contributed by atoms with Gasteiger partial charge < -0.3 is 18.9 Å². The molecule has 2 aromatic carbocycles. The van der Waals surface area contributed by atoms with Crippen LogP contribution in [0.5, 0.6) is 0 Å². The van der Waals surface area contributed by atoms with Crippen LogP contribution in [-0.2, 0) is 38.4 Å². The molecular weight excluding hydrogens is 456 g/mol. The first-order chi connectivity index (χ1) is 15.7. The molecule has 172 valence electrons. The van der Waals surface area contributed by atoms with Crippen LogP contribution >= 0.6 is 0 Å². The monoisotopic (exact) mass is 474 g/mol. The fourth-order valence-corrected chi connectivity index (χ4v) is 5.20. The molecule has 10 nitrogen and oxygen atoms in total. The van der Waals surface area contributed by atoms with E-state index in [0.717, 1.165) is 0 Å². The minimum atomic E-state index is -4.45. The van der Waals surface area contributed by atoms with Crippen molar-refractivity contribution in [2.75, 3.05) is 0 Å². The third-order valence-corrected chi connectivity index (χ3v) is 6.93. The third kappa shape index (κ3) is 3.74. The molecule has 2 aliphatic rings. The van der Waals surface area contributed by atoms with Gasteiger partial charge in [-0.1, -0.05) is 38.1 Å². The zero-order valence-corrected chi connectivity index (χ0v) is 18.3. The highest BCUT2D eigenvalue weighted by atomic mass is 32.2. The van der Waals surface area contributed by atoms with Gasteiger partial charge in [-0.05, 0) is 12.1 Å².